The molecule has 0 rings (SSSR count). The van der Waals surface area contributed by atoms with E-state index in [0.717, 1.165) is 0 Å². The second-order valence-corrected chi connectivity index (χ2v) is 0. The molecule has 0 saturated heterocycles. The average molecular weight is 555 g/mol. The van der Waals surface area contributed by atoms with Crippen molar-refractivity contribution >= 4 is 159 Å². The van der Waals surface area contributed by atoms with Crippen LogP contribution in [0.1, 0.15) is 8.56 Å². The molecule has 0 amide bonds. The van der Waals surface area contributed by atoms with E-state index in [1.54, 1.807) is 0 Å². The number of hydrogen-bond donors (Lipinski definition) is 0. The summed E-state index contributed by atoms with van der Waals surface area (Å²) in [5, 5.41) is 0. The maximum atomic E-state index is 7.81. The van der Waals surface area contributed by atoms with E-state index in [-0.39, 0.29) is 168 Å². The molecule has 1 radical (unpaired) electrons. The molecule has 0 aliphatic heterocycles. The van der Waals surface area contributed by atoms with E-state index in [9.17, 15) is 0 Å². The first-order valence-corrected chi connectivity index (χ1v) is 0.508. The summed E-state index contributed by atoms with van der Waals surface area (Å²) in [6, 6.07) is 0. The molecule has 1 nitrogen and oxygen atoms in total. The summed E-state index contributed by atoms with van der Waals surface area (Å²) in [4.78, 5) is 0. The van der Waals surface area contributed by atoms with Crippen LogP contribution in [0.3, 0.4) is 0 Å². The van der Waals surface area contributed by atoms with Gasteiger partial charge in [-0.1, -0.05) is 0 Å². The van der Waals surface area contributed by atoms with Crippen molar-refractivity contribution in [2.24, 2.45) is 0 Å². The van der Waals surface area contributed by atoms with Crippen LogP contribution >= 0.6 is 0 Å². The molecular formula is H6BaCaCuOSrTl. The van der Waals surface area contributed by atoms with Crippen LogP contribution in [0, 0.1) is 0 Å². The minimum Gasteiger partial charge on any atom is 0 e. The SMILES string of the molecule is [Ba+2].[Ca+2].[H-].[H-].[H-].[H-].[H-].[H-].[O]=[Cu].[Sr+2].[Tl]. The molecular weight excluding hydrogens is 549 g/mol. The van der Waals surface area contributed by atoms with Crippen LogP contribution in [0.5, 0.6) is 0 Å². The van der Waals surface area contributed by atoms with Crippen molar-refractivity contribution in [1.29, 1.82) is 0 Å². The molecule has 0 atom stereocenters. The van der Waals surface area contributed by atoms with Gasteiger partial charge in [-0.05, 0) is 0 Å². The Morgan fingerprint density at radius 3 is 1.33 bits per heavy atom. The van der Waals surface area contributed by atoms with E-state index < -0.39 is 0 Å². The van der Waals surface area contributed by atoms with Crippen molar-refractivity contribution in [3.63, 3.8) is 0 Å². The van der Waals surface area contributed by atoms with Gasteiger partial charge in [-0.15, -0.1) is 0 Å². The first-order chi connectivity index (χ1) is 1.00. The standard InChI is InChI=1S/Ba.Ca.Cu.O.Sr.Tl.6H/q2*+2;;;+2;;6*-1. The monoisotopic (exact) mass is 556 g/mol. The van der Waals surface area contributed by atoms with E-state index in [4.69, 9.17) is 3.83 Å². The van der Waals surface area contributed by atoms with Gasteiger partial charge in [0.1, 0.15) is 0 Å². The maximum Gasteiger partial charge on any atom is 2.00 e. The second-order valence-electron chi connectivity index (χ2n) is 0. The van der Waals surface area contributed by atoms with Crippen LogP contribution in [-0.2, 0) is 19.8 Å². The summed E-state index contributed by atoms with van der Waals surface area (Å²) in [7, 11) is 0. The van der Waals surface area contributed by atoms with Crippen LogP contribution in [0.2, 0.25) is 0 Å². The zero-order chi connectivity index (χ0) is 2.00. The van der Waals surface area contributed by atoms with Crippen molar-refractivity contribution in [3.05, 3.63) is 0 Å². The molecule has 0 aromatic carbocycles. The topological polar surface area (TPSA) is 17.1 Å². The van der Waals surface area contributed by atoms with Gasteiger partial charge in [0.05, 0.1) is 0 Å². The Morgan fingerprint density at radius 1 is 1.33 bits per heavy atom. The van der Waals surface area contributed by atoms with Gasteiger partial charge >= 0.3 is 152 Å². The normalized spacial score (nSPS) is 1.00. The third-order valence-electron chi connectivity index (χ3n) is 0. The fourth-order valence-corrected chi connectivity index (χ4v) is 0. The molecule has 0 aromatic heterocycles. The van der Waals surface area contributed by atoms with E-state index in [2.05, 4.69) is 15.9 Å². The Labute approximate surface area is 182 Å². The Hall–Kier alpha value is 5.55. The molecule has 32 valence electrons. The largest absolute Gasteiger partial charge is 2.00 e. The van der Waals surface area contributed by atoms with Gasteiger partial charge in [-0.2, -0.15) is 0 Å². The Balaban J connectivity index is -0.000000000111. The van der Waals surface area contributed by atoms with Gasteiger partial charge in [0.2, 0.25) is 0 Å². The minimum atomic E-state index is 0. The molecule has 0 bridgehead atoms. The van der Waals surface area contributed by atoms with Gasteiger partial charge in [0, 0.05) is 27.3 Å². The quantitative estimate of drug-likeness (QED) is 0.352. The van der Waals surface area contributed by atoms with Gasteiger partial charge in [0.15, 0.2) is 0 Å². The number of hydrogen-bond acceptors (Lipinski definition) is 1. The summed E-state index contributed by atoms with van der Waals surface area (Å²) < 4.78 is 7.81. The molecule has 0 heterocycles. The molecule has 0 fully saturated rings. The molecule has 0 aromatic rings. The second kappa shape index (κ2) is 31.2. The molecule has 6 heteroatoms. The van der Waals surface area contributed by atoms with Crippen LogP contribution in [0.25, 0.3) is 0 Å². The summed E-state index contributed by atoms with van der Waals surface area (Å²) in [5.41, 5.74) is 0. The van der Waals surface area contributed by atoms with Gasteiger partial charge in [-0.25, -0.2) is 0 Å². The Bertz CT molecular complexity index is 27.5. The predicted molar refractivity (Wildman–Crippen MR) is 30.4 cm³/mol. The summed E-state index contributed by atoms with van der Waals surface area (Å²) in [5.74, 6) is 0. The molecule has 0 saturated carbocycles. The summed E-state index contributed by atoms with van der Waals surface area (Å²) in [6.45, 7) is 0. The smallest absolute Gasteiger partial charge is 0 e. The van der Waals surface area contributed by atoms with Crippen molar-refractivity contribution in [3.8, 4) is 0 Å². The molecule has 0 N–H and O–H groups in total. The molecule has 0 aliphatic carbocycles. The molecule has 0 spiro atoms. The van der Waals surface area contributed by atoms with E-state index in [1.807, 2.05) is 0 Å². The Kier molecular flexibility index (Phi) is 156. The zero-order valence-electron chi connectivity index (χ0n) is 9.41. The van der Waals surface area contributed by atoms with Crippen LogP contribution < -0.4 is 0 Å². The fourth-order valence-electron chi connectivity index (χ4n) is 0. The molecule has 0 unspecified atom stereocenters. The molecule has 6 heavy (non-hydrogen) atoms. The van der Waals surface area contributed by atoms with Crippen LogP contribution in [-0.4, -0.2) is 159 Å². The molecule has 0 aliphatic rings. The van der Waals surface area contributed by atoms with Crippen molar-refractivity contribution in [1.82, 2.24) is 0 Å². The zero-order valence-corrected chi connectivity index (χ0v) is 19.0. The van der Waals surface area contributed by atoms with Gasteiger partial charge in [-0.3, -0.25) is 0 Å². The van der Waals surface area contributed by atoms with E-state index >= 15 is 0 Å². The Morgan fingerprint density at radius 2 is 1.33 bits per heavy atom. The summed E-state index contributed by atoms with van der Waals surface area (Å²) in [6.07, 6.45) is 0. The minimum absolute atomic E-state index is 0. The van der Waals surface area contributed by atoms with Gasteiger partial charge in [0.25, 0.3) is 0 Å². The first kappa shape index (κ1) is 30.0. The van der Waals surface area contributed by atoms with Crippen LogP contribution in [0.4, 0.5) is 0 Å². The van der Waals surface area contributed by atoms with Gasteiger partial charge < -0.3 is 8.56 Å². The third kappa shape index (κ3) is 22.7. The van der Waals surface area contributed by atoms with Crippen LogP contribution in [0.15, 0.2) is 0 Å². The summed E-state index contributed by atoms with van der Waals surface area (Å²) >= 11 is 2.94. The van der Waals surface area contributed by atoms with Crippen molar-refractivity contribution < 1.29 is 28.3 Å². The predicted octanol–water partition coefficient (Wildman–Crippen LogP) is -0.970. The van der Waals surface area contributed by atoms with E-state index in [0.29, 0.717) is 0 Å². The van der Waals surface area contributed by atoms with E-state index in [1.165, 1.54) is 0 Å². The first-order valence-electron chi connectivity index (χ1n) is 0.123. The third-order valence-corrected chi connectivity index (χ3v) is 0. The number of rotatable bonds is 0. The maximum absolute atomic E-state index is 7.81. The average Bonchev–Trinajstić information content (AvgIpc) is 1.00. The van der Waals surface area contributed by atoms with Crippen molar-refractivity contribution in [2.45, 2.75) is 0 Å². The van der Waals surface area contributed by atoms with Crippen molar-refractivity contribution in [2.75, 3.05) is 0 Å². The fraction of sp³-hybridized carbons (Fsp3) is 0.